The van der Waals surface area contributed by atoms with E-state index in [4.69, 9.17) is 9.84 Å². The van der Waals surface area contributed by atoms with Crippen LogP contribution in [0.5, 0.6) is 0 Å². The summed E-state index contributed by atoms with van der Waals surface area (Å²) in [5.74, 6) is -1.51. The molecular formula is C10H17N3O5S. The second-order valence-electron chi connectivity index (χ2n) is 3.81. The first-order valence-electron chi connectivity index (χ1n) is 5.72. The third kappa shape index (κ3) is 5.81. The molecule has 1 heterocycles. The van der Waals surface area contributed by atoms with Gasteiger partial charge in [-0.1, -0.05) is 0 Å². The molecule has 0 fully saturated rings. The molecule has 1 aromatic rings. The van der Waals surface area contributed by atoms with Gasteiger partial charge < -0.3 is 14.8 Å². The number of nitrogens with one attached hydrogen (secondary N) is 2. The number of ether oxygens (including phenoxy) is 1. The van der Waals surface area contributed by atoms with Crippen LogP contribution in [0.15, 0.2) is 12.5 Å². The first kappa shape index (κ1) is 15.6. The Kier molecular flexibility index (Phi) is 5.93. The average molecular weight is 291 g/mol. The number of hydrogen-bond donors (Lipinski definition) is 3. The lowest BCUT2D eigenvalue weighted by Gasteiger charge is -2.13. The molecule has 0 aliphatic rings. The van der Waals surface area contributed by atoms with Crippen LogP contribution >= 0.6 is 0 Å². The first-order valence-corrected chi connectivity index (χ1v) is 7.37. The van der Waals surface area contributed by atoms with E-state index in [0.29, 0.717) is 12.3 Å². The zero-order valence-electron chi connectivity index (χ0n) is 10.5. The summed E-state index contributed by atoms with van der Waals surface area (Å²) in [7, 11) is -3.69. The zero-order valence-corrected chi connectivity index (χ0v) is 11.3. The lowest BCUT2D eigenvalue weighted by molar-refractivity contribution is -0.138. The molecule has 19 heavy (non-hydrogen) atoms. The van der Waals surface area contributed by atoms with Crippen molar-refractivity contribution in [2.45, 2.75) is 19.4 Å². The zero-order chi connectivity index (χ0) is 14.3. The van der Waals surface area contributed by atoms with Crippen LogP contribution in [0.4, 0.5) is 0 Å². The van der Waals surface area contributed by atoms with Gasteiger partial charge in [0.05, 0.1) is 18.7 Å². The van der Waals surface area contributed by atoms with E-state index in [1.807, 2.05) is 0 Å². The smallest absolute Gasteiger partial charge is 0.322 e. The first-order chi connectivity index (χ1) is 8.94. The van der Waals surface area contributed by atoms with Gasteiger partial charge in [-0.25, -0.2) is 18.1 Å². The summed E-state index contributed by atoms with van der Waals surface area (Å²) >= 11 is 0. The Labute approximate surface area is 111 Å². The molecule has 0 saturated carbocycles. The fourth-order valence-corrected chi connectivity index (χ4v) is 2.46. The molecule has 0 aliphatic carbocycles. The normalized spacial score (nSPS) is 13.3. The van der Waals surface area contributed by atoms with E-state index in [9.17, 15) is 13.2 Å². The minimum absolute atomic E-state index is 0.00317. The van der Waals surface area contributed by atoms with Crippen molar-refractivity contribution in [2.75, 3.05) is 19.0 Å². The van der Waals surface area contributed by atoms with E-state index in [1.54, 1.807) is 6.92 Å². The van der Waals surface area contributed by atoms with Gasteiger partial charge in [-0.15, -0.1) is 0 Å². The molecule has 9 heteroatoms. The topological polar surface area (TPSA) is 121 Å². The van der Waals surface area contributed by atoms with Gasteiger partial charge in [0, 0.05) is 24.9 Å². The van der Waals surface area contributed by atoms with Crippen molar-refractivity contribution in [1.29, 1.82) is 0 Å². The van der Waals surface area contributed by atoms with Gasteiger partial charge >= 0.3 is 5.97 Å². The number of carboxylic acid groups (broad SMARTS) is 1. The number of H-pyrrole nitrogens is 1. The van der Waals surface area contributed by atoms with E-state index in [1.165, 1.54) is 12.5 Å². The maximum atomic E-state index is 11.7. The van der Waals surface area contributed by atoms with Crippen LogP contribution in [0.1, 0.15) is 12.6 Å². The largest absolute Gasteiger partial charge is 0.480 e. The van der Waals surface area contributed by atoms with Crippen molar-refractivity contribution in [3.63, 3.8) is 0 Å². The highest BCUT2D eigenvalue weighted by atomic mass is 32.2. The highest BCUT2D eigenvalue weighted by Crippen LogP contribution is 2.01. The van der Waals surface area contributed by atoms with Gasteiger partial charge in [-0.05, 0) is 6.92 Å². The molecule has 108 valence electrons. The van der Waals surface area contributed by atoms with E-state index in [2.05, 4.69) is 14.7 Å². The molecule has 0 aliphatic heterocycles. The van der Waals surface area contributed by atoms with Crippen molar-refractivity contribution >= 4 is 16.0 Å². The number of carboxylic acids is 1. The molecule has 0 bridgehead atoms. The SMILES string of the molecule is CCOCCS(=O)(=O)NC(Cc1cnc[nH]1)C(=O)O. The van der Waals surface area contributed by atoms with Crippen molar-refractivity contribution in [2.24, 2.45) is 0 Å². The number of aromatic amines is 1. The Morgan fingerprint density at radius 2 is 2.37 bits per heavy atom. The molecular weight excluding hydrogens is 274 g/mol. The van der Waals surface area contributed by atoms with E-state index >= 15 is 0 Å². The predicted octanol–water partition coefficient (Wildman–Crippen LogP) is -0.639. The highest BCUT2D eigenvalue weighted by Gasteiger charge is 2.24. The van der Waals surface area contributed by atoms with Crippen LogP contribution in [0.25, 0.3) is 0 Å². The van der Waals surface area contributed by atoms with Crippen LogP contribution in [-0.2, 0) is 26.0 Å². The number of sulfonamides is 1. The van der Waals surface area contributed by atoms with Gasteiger partial charge in [0.15, 0.2) is 0 Å². The number of aromatic nitrogens is 2. The molecule has 1 aromatic heterocycles. The third-order valence-corrected chi connectivity index (χ3v) is 3.65. The van der Waals surface area contributed by atoms with Crippen molar-refractivity contribution < 1.29 is 23.1 Å². The lowest BCUT2D eigenvalue weighted by Crippen LogP contribution is -2.43. The van der Waals surface area contributed by atoms with Gasteiger partial charge in [0.2, 0.25) is 10.0 Å². The molecule has 3 N–H and O–H groups in total. The number of imidazole rings is 1. The summed E-state index contributed by atoms with van der Waals surface area (Å²) < 4.78 is 30.4. The second kappa shape index (κ2) is 7.22. The number of carbonyl (C=O) groups is 1. The molecule has 8 nitrogen and oxygen atoms in total. The summed E-state index contributed by atoms with van der Waals surface area (Å²) in [4.78, 5) is 17.5. The van der Waals surface area contributed by atoms with Crippen molar-refractivity contribution in [3.8, 4) is 0 Å². The maximum absolute atomic E-state index is 11.7. The number of rotatable bonds is 9. The van der Waals surface area contributed by atoms with Crippen molar-refractivity contribution in [3.05, 3.63) is 18.2 Å². The van der Waals surface area contributed by atoms with Crippen LogP contribution in [0, 0.1) is 0 Å². The number of hydrogen-bond acceptors (Lipinski definition) is 5. The molecule has 0 spiro atoms. The van der Waals surface area contributed by atoms with Gasteiger partial charge in [-0.2, -0.15) is 0 Å². The van der Waals surface area contributed by atoms with Gasteiger partial charge in [-0.3, -0.25) is 4.79 Å². The molecule has 1 unspecified atom stereocenters. The van der Waals surface area contributed by atoms with Crippen LogP contribution < -0.4 is 4.72 Å². The molecule has 1 atom stereocenters. The Bertz CT molecular complexity index is 485. The summed E-state index contributed by atoms with van der Waals surface area (Å²) in [6, 6.07) is -1.23. The van der Waals surface area contributed by atoms with Crippen LogP contribution in [0.3, 0.4) is 0 Å². The number of nitrogens with zero attached hydrogens (tertiary/aromatic N) is 1. The Balaban J connectivity index is 2.60. The fourth-order valence-electron chi connectivity index (χ4n) is 1.38. The Morgan fingerprint density at radius 3 is 2.89 bits per heavy atom. The maximum Gasteiger partial charge on any atom is 0.322 e. The second-order valence-corrected chi connectivity index (χ2v) is 5.68. The molecule has 0 radical (unpaired) electrons. The van der Waals surface area contributed by atoms with E-state index < -0.39 is 22.0 Å². The summed E-state index contributed by atoms with van der Waals surface area (Å²) in [6.07, 6.45) is 2.85. The average Bonchev–Trinajstić information content (AvgIpc) is 2.80. The summed E-state index contributed by atoms with van der Waals surface area (Å²) in [6.45, 7) is 2.19. The van der Waals surface area contributed by atoms with E-state index in [-0.39, 0.29) is 18.8 Å². The van der Waals surface area contributed by atoms with Crippen LogP contribution in [-0.4, -0.2) is 54.5 Å². The monoisotopic (exact) mass is 291 g/mol. The van der Waals surface area contributed by atoms with Gasteiger partial charge in [0.25, 0.3) is 0 Å². The van der Waals surface area contributed by atoms with Gasteiger partial charge in [0.1, 0.15) is 6.04 Å². The highest BCUT2D eigenvalue weighted by molar-refractivity contribution is 7.89. The lowest BCUT2D eigenvalue weighted by atomic mass is 10.2. The molecule has 0 aromatic carbocycles. The quantitative estimate of drug-likeness (QED) is 0.520. The predicted molar refractivity (Wildman–Crippen MR) is 67.1 cm³/mol. The van der Waals surface area contributed by atoms with E-state index in [0.717, 1.165) is 0 Å². The standard InChI is InChI=1S/C10H17N3O5S/c1-2-18-3-4-19(16,17)13-9(10(14)15)5-8-6-11-7-12-8/h6-7,9,13H,2-5H2,1H3,(H,11,12)(H,14,15). The number of aliphatic carboxylic acids is 1. The minimum atomic E-state index is -3.69. The molecule has 0 saturated heterocycles. The van der Waals surface area contributed by atoms with Crippen LogP contribution in [0.2, 0.25) is 0 Å². The Hall–Kier alpha value is -1.45. The molecule has 1 rings (SSSR count). The fraction of sp³-hybridized carbons (Fsp3) is 0.600. The Morgan fingerprint density at radius 1 is 1.63 bits per heavy atom. The summed E-state index contributed by atoms with van der Waals surface area (Å²) in [5, 5.41) is 9.01. The van der Waals surface area contributed by atoms with Crippen molar-refractivity contribution in [1.82, 2.24) is 14.7 Å². The summed E-state index contributed by atoms with van der Waals surface area (Å²) in [5.41, 5.74) is 0.542. The minimum Gasteiger partial charge on any atom is -0.480 e. The third-order valence-electron chi connectivity index (χ3n) is 2.30. The molecule has 0 amide bonds.